The number of likely N-dealkylation sites (tertiary alicyclic amines) is 1. The summed E-state index contributed by atoms with van der Waals surface area (Å²) < 4.78 is 1.84. The molecule has 1 aromatic rings. The largest absolute Gasteiger partial charge is 0.390 e. The Labute approximate surface area is 96.5 Å². The molecule has 86 valence electrons. The Bertz CT molecular complexity index is 504. The minimum atomic E-state index is -0.626. The molecular weight excluding hydrogens is 230 g/mol. The number of aliphatic hydroxyl groups is 1. The van der Waals surface area contributed by atoms with Crippen LogP contribution in [0.5, 0.6) is 0 Å². The highest BCUT2D eigenvalue weighted by molar-refractivity contribution is 7.71. The van der Waals surface area contributed by atoms with Crippen LogP contribution in [0.4, 0.5) is 0 Å². The first-order valence-electron chi connectivity index (χ1n) is 4.76. The molecule has 1 aliphatic rings. The molecule has 0 bridgehead atoms. The summed E-state index contributed by atoms with van der Waals surface area (Å²) in [6, 6.07) is -0.626. The summed E-state index contributed by atoms with van der Waals surface area (Å²) >= 11 is 5.02. The lowest BCUT2D eigenvalue weighted by Gasteiger charge is -2.12. The summed E-state index contributed by atoms with van der Waals surface area (Å²) in [7, 11) is 1.44. The molecular formula is C9H11N3O3S. The molecule has 1 fully saturated rings. The molecule has 1 aromatic heterocycles. The highest BCUT2D eigenvalue weighted by atomic mass is 32.1. The van der Waals surface area contributed by atoms with Crippen LogP contribution in [-0.2, 0) is 16.2 Å². The maximum Gasteiger partial charge on any atom is 0.252 e. The molecule has 2 N–H and O–H groups in total. The van der Waals surface area contributed by atoms with Gasteiger partial charge < -0.3 is 14.7 Å². The number of likely N-dealkylation sites (N-methyl/N-ethyl adjacent to an activating group) is 1. The van der Waals surface area contributed by atoms with Crippen LogP contribution < -0.4 is 0 Å². The van der Waals surface area contributed by atoms with Crippen LogP contribution in [0.25, 0.3) is 0 Å². The van der Waals surface area contributed by atoms with Gasteiger partial charge in [-0.1, -0.05) is 0 Å². The third kappa shape index (κ3) is 1.48. The summed E-state index contributed by atoms with van der Waals surface area (Å²) in [5.74, 6) is -0.530. The van der Waals surface area contributed by atoms with Crippen LogP contribution in [0.15, 0.2) is 6.20 Å². The fourth-order valence-corrected chi connectivity index (χ4v) is 2.12. The van der Waals surface area contributed by atoms with Crippen molar-refractivity contribution >= 4 is 24.0 Å². The molecule has 6 nitrogen and oxygen atoms in total. The molecule has 0 spiro atoms. The van der Waals surface area contributed by atoms with Crippen molar-refractivity contribution < 1.29 is 14.7 Å². The van der Waals surface area contributed by atoms with E-state index in [4.69, 9.17) is 17.3 Å². The number of imide groups is 1. The first-order chi connectivity index (χ1) is 7.56. The lowest BCUT2D eigenvalue weighted by molar-refractivity contribution is -0.137. The molecule has 7 heteroatoms. The Balaban J connectivity index is 2.46. The van der Waals surface area contributed by atoms with Gasteiger partial charge in [0, 0.05) is 13.2 Å². The molecule has 0 aliphatic carbocycles. The number of aromatic nitrogens is 2. The Morgan fingerprint density at radius 3 is 2.81 bits per heavy atom. The molecule has 1 aliphatic heterocycles. The first kappa shape index (κ1) is 11.0. The lowest BCUT2D eigenvalue weighted by Crippen LogP contribution is -2.27. The standard InChI is InChI=1S/C9H11N3O3S/c1-11-7(14)2-6(8(11)15)12-5(4-13)3-10-9(12)16/h3,6,13H,2,4H2,1H3,(H,10,16). The lowest BCUT2D eigenvalue weighted by atomic mass is 10.2. The Morgan fingerprint density at radius 1 is 1.62 bits per heavy atom. The smallest absolute Gasteiger partial charge is 0.252 e. The number of aliphatic hydroxyl groups excluding tert-OH is 1. The van der Waals surface area contributed by atoms with Crippen molar-refractivity contribution in [2.75, 3.05) is 7.05 Å². The zero-order valence-electron chi connectivity index (χ0n) is 8.64. The normalized spacial score (nSPS) is 20.9. The molecule has 0 aromatic carbocycles. The fraction of sp³-hybridized carbons (Fsp3) is 0.444. The molecule has 1 atom stereocenters. The molecule has 2 amide bonds. The van der Waals surface area contributed by atoms with Crippen molar-refractivity contribution in [2.24, 2.45) is 0 Å². The monoisotopic (exact) mass is 241 g/mol. The van der Waals surface area contributed by atoms with Gasteiger partial charge in [0.05, 0.1) is 18.7 Å². The van der Waals surface area contributed by atoms with Crippen LogP contribution >= 0.6 is 12.2 Å². The number of nitrogens with zero attached hydrogens (tertiary/aromatic N) is 2. The zero-order chi connectivity index (χ0) is 11.9. The maximum absolute atomic E-state index is 11.8. The van der Waals surface area contributed by atoms with Crippen molar-refractivity contribution in [2.45, 2.75) is 19.1 Å². The maximum atomic E-state index is 11.8. The van der Waals surface area contributed by atoms with E-state index in [0.717, 1.165) is 4.90 Å². The van der Waals surface area contributed by atoms with Gasteiger partial charge in [0.15, 0.2) is 4.77 Å². The highest BCUT2D eigenvalue weighted by Gasteiger charge is 2.38. The quantitative estimate of drug-likeness (QED) is 0.563. The van der Waals surface area contributed by atoms with E-state index in [-0.39, 0.29) is 24.8 Å². The third-order valence-electron chi connectivity index (χ3n) is 2.72. The minimum Gasteiger partial charge on any atom is -0.390 e. The van der Waals surface area contributed by atoms with Gasteiger partial charge in [-0.3, -0.25) is 14.5 Å². The van der Waals surface area contributed by atoms with Crippen molar-refractivity contribution in [3.63, 3.8) is 0 Å². The van der Waals surface area contributed by atoms with E-state index in [9.17, 15) is 9.59 Å². The molecule has 16 heavy (non-hydrogen) atoms. The predicted molar refractivity (Wildman–Crippen MR) is 57.0 cm³/mol. The molecule has 0 radical (unpaired) electrons. The Morgan fingerprint density at radius 2 is 2.31 bits per heavy atom. The molecule has 2 rings (SSSR count). The average Bonchev–Trinajstić information content (AvgIpc) is 2.74. The number of rotatable bonds is 2. The SMILES string of the molecule is CN1C(=O)CC(n2c(CO)c[nH]c2=S)C1=O. The van der Waals surface area contributed by atoms with Crippen molar-refractivity contribution in [3.05, 3.63) is 16.7 Å². The van der Waals surface area contributed by atoms with Gasteiger partial charge in [-0.25, -0.2) is 0 Å². The van der Waals surface area contributed by atoms with E-state index in [1.807, 2.05) is 0 Å². The van der Waals surface area contributed by atoms with Gasteiger partial charge in [0.25, 0.3) is 5.91 Å². The average molecular weight is 241 g/mol. The van der Waals surface area contributed by atoms with Gasteiger partial charge in [0.2, 0.25) is 5.91 Å². The zero-order valence-corrected chi connectivity index (χ0v) is 9.45. The summed E-state index contributed by atoms with van der Waals surface area (Å²) in [6.45, 7) is -0.227. The molecule has 0 saturated carbocycles. The second-order valence-corrected chi connectivity index (χ2v) is 4.01. The summed E-state index contributed by atoms with van der Waals surface area (Å²) in [6.07, 6.45) is 1.63. The van der Waals surface area contributed by atoms with Crippen LogP contribution in [0, 0.1) is 4.77 Å². The van der Waals surface area contributed by atoms with Gasteiger partial charge in [-0.15, -0.1) is 0 Å². The van der Waals surface area contributed by atoms with Gasteiger partial charge in [-0.2, -0.15) is 0 Å². The molecule has 1 saturated heterocycles. The van der Waals surface area contributed by atoms with E-state index in [0.29, 0.717) is 10.5 Å². The molecule has 2 heterocycles. The first-order valence-corrected chi connectivity index (χ1v) is 5.17. The number of carbonyl (C=O) groups is 2. The van der Waals surface area contributed by atoms with Gasteiger partial charge >= 0.3 is 0 Å². The van der Waals surface area contributed by atoms with Crippen LogP contribution in [0.2, 0.25) is 0 Å². The van der Waals surface area contributed by atoms with Crippen molar-refractivity contribution in [1.82, 2.24) is 14.5 Å². The summed E-state index contributed by atoms with van der Waals surface area (Å²) in [4.78, 5) is 27.0. The van der Waals surface area contributed by atoms with Crippen molar-refractivity contribution in [3.8, 4) is 0 Å². The van der Waals surface area contributed by atoms with E-state index >= 15 is 0 Å². The Hall–Kier alpha value is -1.47. The van der Waals surface area contributed by atoms with E-state index in [1.165, 1.54) is 11.6 Å². The number of imidazole rings is 1. The van der Waals surface area contributed by atoms with E-state index in [1.54, 1.807) is 6.20 Å². The van der Waals surface area contributed by atoms with Gasteiger partial charge in [-0.05, 0) is 12.2 Å². The van der Waals surface area contributed by atoms with Crippen LogP contribution in [0.3, 0.4) is 0 Å². The predicted octanol–water partition coefficient (Wildman–Crippen LogP) is -0.0322. The van der Waals surface area contributed by atoms with Gasteiger partial charge in [0.1, 0.15) is 6.04 Å². The topological polar surface area (TPSA) is 78.3 Å². The highest BCUT2D eigenvalue weighted by Crippen LogP contribution is 2.25. The summed E-state index contributed by atoms with van der Waals surface area (Å²) in [5.41, 5.74) is 0.506. The van der Waals surface area contributed by atoms with Crippen LogP contribution in [0.1, 0.15) is 18.2 Å². The number of H-pyrrole nitrogens is 1. The third-order valence-corrected chi connectivity index (χ3v) is 3.04. The Kier molecular flexibility index (Phi) is 2.64. The summed E-state index contributed by atoms with van der Waals surface area (Å²) in [5, 5.41) is 9.11. The number of aromatic amines is 1. The number of hydrogen-bond donors (Lipinski definition) is 2. The number of carbonyl (C=O) groups excluding carboxylic acids is 2. The minimum absolute atomic E-state index is 0.0918. The second kappa shape index (κ2) is 3.84. The number of amides is 2. The number of nitrogens with one attached hydrogen (secondary N) is 1. The van der Waals surface area contributed by atoms with Crippen LogP contribution in [-0.4, -0.2) is 38.4 Å². The number of hydrogen-bond acceptors (Lipinski definition) is 4. The molecule has 1 unspecified atom stereocenters. The van der Waals surface area contributed by atoms with Crippen molar-refractivity contribution in [1.29, 1.82) is 0 Å². The fourth-order valence-electron chi connectivity index (χ4n) is 1.82. The second-order valence-electron chi connectivity index (χ2n) is 3.62. The van der Waals surface area contributed by atoms with E-state index < -0.39 is 6.04 Å². The van der Waals surface area contributed by atoms with E-state index in [2.05, 4.69) is 4.98 Å².